The molecule has 1 aromatic heterocycles. The van der Waals surface area contributed by atoms with Gasteiger partial charge >= 0.3 is 0 Å². The molecule has 1 aromatic carbocycles. The van der Waals surface area contributed by atoms with E-state index >= 15 is 0 Å². The Bertz CT molecular complexity index is 506. The second-order valence-electron chi connectivity index (χ2n) is 4.53. The van der Waals surface area contributed by atoms with Crippen molar-refractivity contribution in [2.24, 2.45) is 5.84 Å². The minimum Gasteiger partial charge on any atom is -0.271 e. The Morgan fingerprint density at radius 3 is 2.42 bits per heavy atom. The van der Waals surface area contributed by atoms with Gasteiger partial charge in [-0.25, -0.2) is 0 Å². The topological polar surface area (TPSA) is 63.8 Å². The number of hydrazine groups is 1. The Labute approximate surface area is 118 Å². The van der Waals surface area contributed by atoms with Crippen molar-refractivity contribution in [2.45, 2.75) is 39.2 Å². The van der Waals surface area contributed by atoms with Gasteiger partial charge < -0.3 is 0 Å². The largest absolute Gasteiger partial charge is 0.271 e. The van der Waals surface area contributed by atoms with E-state index in [1.54, 1.807) is 0 Å². The van der Waals surface area contributed by atoms with E-state index in [9.17, 15) is 0 Å². The Hall–Kier alpha value is -1.30. The van der Waals surface area contributed by atoms with Crippen LogP contribution in [0.1, 0.15) is 41.6 Å². The summed E-state index contributed by atoms with van der Waals surface area (Å²) in [6.07, 6.45) is 2.81. The van der Waals surface area contributed by atoms with Gasteiger partial charge in [-0.2, -0.15) is 0 Å². The maximum Gasteiger partial charge on any atom is 0.0801 e. The third-order valence-corrected chi connectivity index (χ3v) is 4.19. The first kappa shape index (κ1) is 14.1. The second-order valence-corrected chi connectivity index (χ2v) is 5.32. The van der Waals surface area contributed by atoms with Crippen LogP contribution in [0.15, 0.2) is 24.3 Å². The maximum absolute atomic E-state index is 5.69. The first-order chi connectivity index (χ1) is 9.28. The molecule has 3 N–H and O–H groups in total. The molecule has 1 unspecified atom stereocenters. The molecule has 1 atom stereocenters. The fourth-order valence-electron chi connectivity index (χ4n) is 2.10. The molecule has 19 heavy (non-hydrogen) atoms. The average Bonchev–Trinajstić information content (AvgIpc) is 2.93. The molecule has 0 fully saturated rings. The van der Waals surface area contributed by atoms with Crippen LogP contribution in [0.4, 0.5) is 0 Å². The lowest BCUT2D eigenvalue weighted by molar-refractivity contribution is 0.555. The highest BCUT2D eigenvalue weighted by molar-refractivity contribution is 7.05. The quantitative estimate of drug-likeness (QED) is 0.628. The van der Waals surface area contributed by atoms with Gasteiger partial charge in [0.2, 0.25) is 0 Å². The molecule has 2 aromatic rings. The van der Waals surface area contributed by atoms with E-state index in [-0.39, 0.29) is 6.04 Å². The molecular formula is C14H20N4S. The van der Waals surface area contributed by atoms with Crippen molar-refractivity contribution in [3.05, 3.63) is 46.0 Å². The van der Waals surface area contributed by atoms with E-state index in [4.69, 9.17) is 5.84 Å². The SMILES string of the molecule is CCc1ccc(CC(NN)c2snnc2CC)cc1. The predicted octanol–water partition coefficient (Wildman–Crippen LogP) is 2.41. The summed E-state index contributed by atoms with van der Waals surface area (Å²) < 4.78 is 4.03. The molecular weight excluding hydrogens is 256 g/mol. The summed E-state index contributed by atoms with van der Waals surface area (Å²) in [6, 6.07) is 8.78. The van der Waals surface area contributed by atoms with Gasteiger partial charge in [-0.15, -0.1) is 5.10 Å². The number of rotatable bonds is 6. The standard InChI is InChI=1S/C14H20N4S/c1-3-10-5-7-11(8-6-10)9-13(16-15)14-12(4-2)17-18-19-14/h5-8,13,16H,3-4,9,15H2,1-2H3. The summed E-state index contributed by atoms with van der Waals surface area (Å²) in [4.78, 5) is 1.14. The molecule has 102 valence electrons. The van der Waals surface area contributed by atoms with Gasteiger partial charge in [0.25, 0.3) is 0 Å². The van der Waals surface area contributed by atoms with E-state index in [2.05, 4.69) is 53.1 Å². The molecule has 2 rings (SSSR count). The Morgan fingerprint density at radius 1 is 1.16 bits per heavy atom. The molecule has 0 aliphatic rings. The average molecular weight is 276 g/mol. The second kappa shape index (κ2) is 6.75. The molecule has 0 bridgehead atoms. The third-order valence-electron chi connectivity index (χ3n) is 3.31. The van der Waals surface area contributed by atoms with Crippen LogP contribution in [0.2, 0.25) is 0 Å². The Morgan fingerprint density at radius 2 is 1.84 bits per heavy atom. The fraction of sp³-hybridized carbons (Fsp3) is 0.429. The summed E-state index contributed by atoms with van der Waals surface area (Å²) in [5.41, 5.74) is 6.56. The summed E-state index contributed by atoms with van der Waals surface area (Å²) in [5.74, 6) is 5.69. The number of nitrogens with zero attached hydrogens (tertiary/aromatic N) is 2. The van der Waals surface area contributed by atoms with Crippen molar-refractivity contribution < 1.29 is 0 Å². The van der Waals surface area contributed by atoms with Crippen molar-refractivity contribution in [3.63, 3.8) is 0 Å². The van der Waals surface area contributed by atoms with Crippen LogP contribution in [-0.2, 0) is 19.3 Å². The van der Waals surface area contributed by atoms with Crippen LogP contribution < -0.4 is 11.3 Å². The van der Waals surface area contributed by atoms with Gasteiger partial charge in [0.15, 0.2) is 0 Å². The van der Waals surface area contributed by atoms with Crippen molar-refractivity contribution in [1.82, 2.24) is 15.0 Å². The number of nitrogens with one attached hydrogen (secondary N) is 1. The Kier molecular flexibility index (Phi) is 5.01. The number of hydrogen-bond acceptors (Lipinski definition) is 5. The predicted molar refractivity (Wildman–Crippen MR) is 78.9 cm³/mol. The zero-order valence-electron chi connectivity index (χ0n) is 11.4. The molecule has 0 saturated heterocycles. The summed E-state index contributed by atoms with van der Waals surface area (Å²) in [5, 5.41) is 4.15. The lowest BCUT2D eigenvalue weighted by Crippen LogP contribution is -2.29. The van der Waals surface area contributed by atoms with Crippen LogP contribution in [-0.4, -0.2) is 9.59 Å². The van der Waals surface area contributed by atoms with Crippen molar-refractivity contribution in [1.29, 1.82) is 0 Å². The zero-order chi connectivity index (χ0) is 13.7. The highest BCUT2D eigenvalue weighted by atomic mass is 32.1. The highest BCUT2D eigenvalue weighted by Crippen LogP contribution is 2.24. The molecule has 0 radical (unpaired) electrons. The number of hydrogen-bond donors (Lipinski definition) is 2. The zero-order valence-corrected chi connectivity index (χ0v) is 12.2. The summed E-state index contributed by atoms with van der Waals surface area (Å²) >= 11 is 1.43. The third kappa shape index (κ3) is 3.37. The van der Waals surface area contributed by atoms with Crippen LogP contribution in [0.5, 0.6) is 0 Å². The first-order valence-corrected chi connectivity index (χ1v) is 7.40. The minimum absolute atomic E-state index is 0.0856. The monoisotopic (exact) mass is 276 g/mol. The minimum atomic E-state index is 0.0856. The fourth-order valence-corrected chi connectivity index (χ4v) is 2.90. The van der Waals surface area contributed by atoms with E-state index in [1.807, 2.05) is 0 Å². The van der Waals surface area contributed by atoms with Gasteiger partial charge in [0.05, 0.1) is 16.6 Å². The molecule has 1 heterocycles. The molecule has 5 heteroatoms. The molecule has 0 aliphatic heterocycles. The number of benzene rings is 1. The molecule has 0 amide bonds. The van der Waals surface area contributed by atoms with E-state index in [0.29, 0.717) is 0 Å². The number of aromatic nitrogens is 2. The van der Waals surface area contributed by atoms with Gasteiger partial charge in [-0.3, -0.25) is 11.3 Å². The van der Waals surface area contributed by atoms with Crippen molar-refractivity contribution >= 4 is 11.5 Å². The van der Waals surface area contributed by atoms with Crippen molar-refractivity contribution in [3.8, 4) is 0 Å². The van der Waals surface area contributed by atoms with Crippen LogP contribution >= 0.6 is 11.5 Å². The van der Waals surface area contributed by atoms with Gasteiger partial charge in [-0.1, -0.05) is 42.6 Å². The first-order valence-electron chi connectivity index (χ1n) is 6.63. The molecule has 0 spiro atoms. The summed E-state index contributed by atoms with van der Waals surface area (Å²) in [6.45, 7) is 4.25. The van der Waals surface area contributed by atoms with Gasteiger partial charge in [0.1, 0.15) is 0 Å². The van der Waals surface area contributed by atoms with Crippen LogP contribution in [0.25, 0.3) is 0 Å². The van der Waals surface area contributed by atoms with Crippen LogP contribution in [0.3, 0.4) is 0 Å². The lowest BCUT2D eigenvalue weighted by atomic mass is 10.0. The normalized spacial score (nSPS) is 12.6. The molecule has 4 nitrogen and oxygen atoms in total. The smallest absolute Gasteiger partial charge is 0.0801 e. The van der Waals surface area contributed by atoms with E-state index in [0.717, 1.165) is 29.8 Å². The number of aryl methyl sites for hydroxylation is 2. The Balaban J connectivity index is 2.14. The maximum atomic E-state index is 5.69. The summed E-state index contributed by atoms with van der Waals surface area (Å²) in [7, 11) is 0. The highest BCUT2D eigenvalue weighted by Gasteiger charge is 2.17. The van der Waals surface area contributed by atoms with Gasteiger partial charge in [0, 0.05) is 0 Å². The number of nitrogens with two attached hydrogens (primary N) is 1. The molecule has 0 saturated carbocycles. The lowest BCUT2D eigenvalue weighted by Gasteiger charge is -2.15. The van der Waals surface area contributed by atoms with E-state index < -0.39 is 0 Å². The van der Waals surface area contributed by atoms with E-state index in [1.165, 1.54) is 22.7 Å². The van der Waals surface area contributed by atoms with Gasteiger partial charge in [-0.05, 0) is 41.9 Å². The van der Waals surface area contributed by atoms with Crippen LogP contribution in [0, 0.1) is 0 Å². The van der Waals surface area contributed by atoms with Crippen molar-refractivity contribution in [2.75, 3.05) is 0 Å². The molecule has 0 aliphatic carbocycles.